The molecule has 1 aromatic carbocycles. The average molecular weight is 447 g/mol. The van der Waals surface area contributed by atoms with Crippen molar-refractivity contribution >= 4 is 63.5 Å². The maximum absolute atomic E-state index is 12.2. The molecular formula is C13H10IN3O5S. The van der Waals surface area contributed by atoms with Gasteiger partial charge in [0.1, 0.15) is 5.57 Å². The molecule has 0 aromatic heterocycles. The summed E-state index contributed by atoms with van der Waals surface area (Å²) in [6, 6.07) is 2.53. The van der Waals surface area contributed by atoms with E-state index in [1.807, 2.05) is 0 Å². The van der Waals surface area contributed by atoms with Crippen molar-refractivity contribution in [2.75, 3.05) is 14.1 Å². The van der Waals surface area contributed by atoms with Crippen LogP contribution in [0.4, 0.5) is 5.69 Å². The van der Waals surface area contributed by atoms with Gasteiger partial charge in [-0.25, -0.2) is 0 Å². The molecule has 0 aliphatic carbocycles. The van der Waals surface area contributed by atoms with E-state index in [0.717, 1.165) is 15.9 Å². The maximum atomic E-state index is 12.2. The Morgan fingerprint density at radius 1 is 1.26 bits per heavy atom. The highest BCUT2D eigenvalue weighted by atomic mass is 127. The second kappa shape index (κ2) is 6.20. The van der Waals surface area contributed by atoms with E-state index in [1.54, 1.807) is 22.6 Å². The number of hydrogen-bond acceptors (Lipinski definition) is 6. The number of carbonyl (C=O) groups is 2. The first-order valence-corrected chi connectivity index (χ1v) is 7.62. The van der Waals surface area contributed by atoms with Gasteiger partial charge in [-0.3, -0.25) is 29.5 Å². The molecule has 0 bridgehead atoms. The van der Waals surface area contributed by atoms with E-state index in [-0.39, 0.29) is 19.8 Å². The van der Waals surface area contributed by atoms with Gasteiger partial charge in [0.15, 0.2) is 5.11 Å². The molecule has 0 atom stereocenters. The van der Waals surface area contributed by atoms with Crippen LogP contribution in [0.1, 0.15) is 5.56 Å². The second-order valence-electron chi connectivity index (χ2n) is 4.70. The first kappa shape index (κ1) is 17.3. The number of phenols is 1. The van der Waals surface area contributed by atoms with Crippen LogP contribution in [0.15, 0.2) is 17.7 Å². The molecule has 1 fully saturated rings. The molecule has 1 aromatic rings. The van der Waals surface area contributed by atoms with Gasteiger partial charge in [0, 0.05) is 20.2 Å². The summed E-state index contributed by atoms with van der Waals surface area (Å²) >= 11 is 6.70. The lowest BCUT2D eigenvalue weighted by molar-refractivity contribution is -0.386. The highest BCUT2D eigenvalue weighted by Crippen LogP contribution is 2.33. The molecule has 1 heterocycles. The molecule has 23 heavy (non-hydrogen) atoms. The summed E-state index contributed by atoms with van der Waals surface area (Å²) in [6.45, 7) is 0. The topological polar surface area (TPSA) is 104 Å². The number of phenolic OH excluding ortho intramolecular Hbond substituents is 1. The fourth-order valence-corrected chi connectivity index (χ4v) is 2.77. The smallest absolute Gasteiger partial charge is 0.312 e. The first-order valence-electron chi connectivity index (χ1n) is 6.13. The zero-order valence-electron chi connectivity index (χ0n) is 11.9. The minimum atomic E-state index is -0.739. The van der Waals surface area contributed by atoms with Crippen LogP contribution in [0.5, 0.6) is 5.75 Å². The van der Waals surface area contributed by atoms with E-state index in [2.05, 4.69) is 0 Å². The number of carbonyl (C=O) groups excluding carboxylic acids is 2. The molecule has 0 unspecified atom stereocenters. The van der Waals surface area contributed by atoms with E-state index in [0.29, 0.717) is 0 Å². The molecule has 0 radical (unpaired) electrons. The largest absolute Gasteiger partial charge is 0.501 e. The third-order valence-corrected chi connectivity index (χ3v) is 4.59. The lowest BCUT2D eigenvalue weighted by Crippen LogP contribution is -2.52. The van der Waals surface area contributed by atoms with Crippen LogP contribution in [0.3, 0.4) is 0 Å². The standard InChI is InChI=1S/C13H10IN3O5S/c1-15-11(19)7(12(20)16(2)13(15)23)3-6-4-8(14)10(18)9(5-6)17(21)22/h3-5,18H,1-2H3. The van der Waals surface area contributed by atoms with E-state index >= 15 is 0 Å². The molecule has 120 valence electrons. The minimum absolute atomic E-state index is 0.0726. The number of nitro groups is 1. The Hall–Kier alpha value is -2.08. The van der Waals surface area contributed by atoms with Gasteiger partial charge in [0.2, 0.25) is 5.75 Å². The maximum Gasteiger partial charge on any atom is 0.312 e. The monoisotopic (exact) mass is 447 g/mol. The number of benzene rings is 1. The molecule has 1 N–H and O–H groups in total. The normalized spacial score (nSPS) is 15.3. The Labute approximate surface area is 149 Å². The molecule has 10 heteroatoms. The Balaban J connectivity index is 2.57. The van der Waals surface area contributed by atoms with Crippen molar-refractivity contribution in [2.24, 2.45) is 0 Å². The summed E-state index contributed by atoms with van der Waals surface area (Å²) in [5, 5.41) is 20.7. The first-order chi connectivity index (χ1) is 10.6. The number of likely N-dealkylation sites (N-methyl/N-ethyl adjacent to an activating group) is 2. The van der Waals surface area contributed by atoms with Crippen LogP contribution in [0, 0.1) is 13.7 Å². The number of thiocarbonyl (C=S) groups is 1. The summed E-state index contributed by atoms with van der Waals surface area (Å²) in [5.41, 5.74) is -0.415. The summed E-state index contributed by atoms with van der Waals surface area (Å²) in [5.74, 6) is -1.65. The van der Waals surface area contributed by atoms with Gasteiger partial charge in [-0.15, -0.1) is 0 Å². The molecule has 8 nitrogen and oxygen atoms in total. The van der Waals surface area contributed by atoms with E-state index in [9.17, 15) is 24.8 Å². The predicted molar refractivity (Wildman–Crippen MR) is 93.6 cm³/mol. The molecule has 1 aliphatic rings. The average Bonchev–Trinajstić information content (AvgIpc) is 2.50. The van der Waals surface area contributed by atoms with Crippen LogP contribution in [0.2, 0.25) is 0 Å². The number of halogens is 1. The van der Waals surface area contributed by atoms with Crippen LogP contribution < -0.4 is 0 Å². The fraction of sp³-hybridized carbons (Fsp3) is 0.154. The van der Waals surface area contributed by atoms with Crippen molar-refractivity contribution in [3.05, 3.63) is 37.0 Å². The second-order valence-corrected chi connectivity index (χ2v) is 6.22. The molecule has 1 saturated heterocycles. The Morgan fingerprint density at radius 3 is 2.26 bits per heavy atom. The van der Waals surface area contributed by atoms with E-state index in [4.69, 9.17) is 12.2 Å². The molecule has 0 saturated carbocycles. The van der Waals surface area contributed by atoms with Crippen LogP contribution in [0.25, 0.3) is 6.08 Å². The number of nitrogens with zero attached hydrogens (tertiary/aromatic N) is 3. The van der Waals surface area contributed by atoms with Gasteiger partial charge in [0.05, 0.1) is 8.49 Å². The van der Waals surface area contributed by atoms with Crippen LogP contribution >= 0.6 is 34.8 Å². The lowest BCUT2D eigenvalue weighted by atomic mass is 10.1. The van der Waals surface area contributed by atoms with Crippen molar-refractivity contribution in [3.63, 3.8) is 0 Å². The van der Waals surface area contributed by atoms with Crippen molar-refractivity contribution in [3.8, 4) is 5.75 Å². The summed E-state index contributed by atoms with van der Waals surface area (Å²) < 4.78 is 0.233. The zero-order chi connectivity index (χ0) is 17.5. The van der Waals surface area contributed by atoms with Crippen LogP contribution in [-0.4, -0.2) is 50.9 Å². The van der Waals surface area contributed by atoms with Crippen LogP contribution in [-0.2, 0) is 9.59 Å². The quantitative estimate of drug-likeness (QED) is 0.184. The van der Waals surface area contributed by atoms with Gasteiger partial charge in [0.25, 0.3) is 11.8 Å². The summed E-state index contributed by atoms with van der Waals surface area (Å²) in [4.78, 5) is 36.9. The molecule has 0 spiro atoms. The minimum Gasteiger partial charge on any atom is -0.501 e. The zero-order valence-corrected chi connectivity index (χ0v) is 14.9. The van der Waals surface area contributed by atoms with Gasteiger partial charge in [-0.2, -0.15) is 0 Å². The van der Waals surface area contributed by atoms with E-state index in [1.165, 1.54) is 26.2 Å². The van der Waals surface area contributed by atoms with E-state index < -0.39 is 28.2 Å². The highest BCUT2D eigenvalue weighted by Gasteiger charge is 2.35. The Kier molecular flexibility index (Phi) is 4.66. The molecule has 2 amide bonds. The third kappa shape index (κ3) is 3.03. The van der Waals surface area contributed by atoms with Gasteiger partial charge in [-0.05, 0) is 52.5 Å². The SMILES string of the molecule is CN1C(=O)C(=Cc2cc(I)c(O)c([N+](=O)[O-])c2)C(=O)N(C)C1=S. The fourth-order valence-electron chi connectivity index (χ4n) is 1.97. The van der Waals surface area contributed by atoms with Crippen molar-refractivity contribution < 1.29 is 19.6 Å². The molecule has 2 rings (SSSR count). The summed E-state index contributed by atoms with van der Waals surface area (Å²) in [7, 11) is 2.87. The highest BCUT2D eigenvalue weighted by molar-refractivity contribution is 14.1. The third-order valence-electron chi connectivity index (χ3n) is 3.22. The van der Waals surface area contributed by atoms with Crippen molar-refractivity contribution in [1.82, 2.24) is 9.80 Å². The Morgan fingerprint density at radius 2 is 1.78 bits per heavy atom. The lowest BCUT2D eigenvalue weighted by Gasteiger charge is -2.31. The number of aromatic hydroxyl groups is 1. The number of amides is 2. The van der Waals surface area contributed by atoms with Gasteiger partial charge < -0.3 is 5.11 Å². The Bertz CT molecular complexity index is 766. The van der Waals surface area contributed by atoms with Gasteiger partial charge in [-0.1, -0.05) is 0 Å². The predicted octanol–water partition coefficient (Wildman–Crippen LogP) is 1.50. The van der Waals surface area contributed by atoms with Crippen molar-refractivity contribution in [1.29, 1.82) is 0 Å². The number of hydrogen-bond donors (Lipinski definition) is 1. The number of nitro benzene ring substituents is 1. The van der Waals surface area contributed by atoms with Gasteiger partial charge >= 0.3 is 5.69 Å². The van der Waals surface area contributed by atoms with Crippen molar-refractivity contribution in [2.45, 2.75) is 0 Å². The molecule has 1 aliphatic heterocycles. The number of rotatable bonds is 2. The summed E-state index contributed by atoms with van der Waals surface area (Å²) in [6.07, 6.45) is 1.24. The molecular weight excluding hydrogens is 437 g/mol.